The average Bonchev–Trinajstić information content (AvgIpc) is 3.26. The van der Waals surface area contributed by atoms with Gasteiger partial charge in [-0.3, -0.25) is 0 Å². The van der Waals surface area contributed by atoms with E-state index in [2.05, 4.69) is 4.72 Å². The number of sulfonamides is 1. The van der Waals surface area contributed by atoms with E-state index in [1.165, 1.54) is 34.8 Å². The Kier molecular flexibility index (Phi) is 4.84. The van der Waals surface area contributed by atoms with Gasteiger partial charge >= 0.3 is 0 Å². The molecule has 0 aliphatic heterocycles. The zero-order valence-corrected chi connectivity index (χ0v) is 14.8. The minimum atomic E-state index is -3.86. The molecule has 1 atom stereocenters. The van der Waals surface area contributed by atoms with E-state index in [1.807, 2.05) is 10.8 Å². The summed E-state index contributed by atoms with van der Waals surface area (Å²) >= 11 is 2.77. The number of thiophene rings is 2. The fourth-order valence-corrected chi connectivity index (χ4v) is 4.87. The van der Waals surface area contributed by atoms with Crippen LogP contribution in [0.4, 0.5) is 4.39 Å². The Morgan fingerprint density at radius 3 is 2.46 bits per heavy atom. The first kappa shape index (κ1) is 17.2. The molecule has 126 valence electrons. The van der Waals surface area contributed by atoms with E-state index in [0.717, 1.165) is 12.1 Å². The summed E-state index contributed by atoms with van der Waals surface area (Å²) in [4.78, 5) is 0.588. The monoisotopic (exact) mass is 383 g/mol. The lowest BCUT2D eigenvalue weighted by molar-refractivity contribution is 0.0903. The number of aliphatic hydroxyl groups is 1. The molecule has 0 saturated carbocycles. The standard InChI is InChI=1S/C16H14FNO3S3/c17-13-3-5-14(6-4-13)24(20,21)18-11-16(19,12-7-9-22-10-12)15-2-1-8-23-15/h1-10,18-19H,11H2. The Bertz CT molecular complexity index is 854. The number of nitrogens with one attached hydrogen (secondary N) is 1. The molecule has 2 aromatic heterocycles. The number of rotatable bonds is 6. The van der Waals surface area contributed by atoms with Crippen LogP contribution in [0, 0.1) is 5.82 Å². The van der Waals surface area contributed by atoms with Gasteiger partial charge in [0.05, 0.1) is 4.90 Å². The van der Waals surface area contributed by atoms with E-state index in [9.17, 15) is 17.9 Å². The van der Waals surface area contributed by atoms with Crippen LogP contribution in [0.15, 0.2) is 63.5 Å². The molecular formula is C16H14FNO3S3. The Morgan fingerprint density at radius 2 is 1.88 bits per heavy atom. The van der Waals surface area contributed by atoms with Crippen LogP contribution >= 0.6 is 22.7 Å². The summed E-state index contributed by atoms with van der Waals surface area (Å²) in [7, 11) is -3.86. The van der Waals surface area contributed by atoms with Crippen LogP contribution in [0.3, 0.4) is 0 Å². The van der Waals surface area contributed by atoms with Gasteiger partial charge in [-0.2, -0.15) is 11.3 Å². The highest BCUT2D eigenvalue weighted by Crippen LogP contribution is 2.33. The first-order valence-electron chi connectivity index (χ1n) is 6.96. The second-order valence-corrected chi connectivity index (χ2v) is 8.62. The number of hydrogen-bond donors (Lipinski definition) is 2. The molecule has 3 rings (SSSR count). The zero-order valence-electron chi connectivity index (χ0n) is 12.3. The smallest absolute Gasteiger partial charge is 0.240 e. The van der Waals surface area contributed by atoms with E-state index in [4.69, 9.17) is 0 Å². The van der Waals surface area contributed by atoms with Crippen LogP contribution in [0.1, 0.15) is 10.4 Å². The third-order valence-electron chi connectivity index (χ3n) is 3.57. The molecule has 0 bridgehead atoms. The Labute approximate surface area is 147 Å². The number of hydrogen-bond acceptors (Lipinski definition) is 5. The normalized spacial score (nSPS) is 14.4. The largest absolute Gasteiger partial charge is 0.378 e. The maximum Gasteiger partial charge on any atom is 0.240 e. The van der Waals surface area contributed by atoms with Gasteiger partial charge in [0.1, 0.15) is 11.4 Å². The van der Waals surface area contributed by atoms with Gasteiger partial charge in [-0.15, -0.1) is 11.3 Å². The lowest BCUT2D eigenvalue weighted by atomic mass is 9.95. The van der Waals surface area contributed by atoms with Crippen molar-refractivity contribution in [2.24, 2.45) is 0 Å². The molecule has 0 aliphatic rings. The van der Waals surface area contributed by atoms with Crippen molar-refractivity contribution in [3.63, 3.8) is 0 Å². The maximum absolute atomic E-state index is 13.0. The van der Waals surface area contributed by atoms with Crippen molar-refractivity contribution in [2.75, 3.05) is 6.54 Å². The lowest BCUT2D eigenvalue weighted by Gasteiger charge is -2.26. The molecule has 4 nitrogen and oxygen atoms in total. The molecule has 24 heavy (non-hydrogen) atoms. The van der Waals surface area contributed by atoms with Crippen molar-refractivity contribution in [3.05, 3.63) is 74.9 Å². The highest BCUT2D eigenvalue weighted by Gasteiger charge is 2.34. The zero-order chi connectivity index (χ0) is 17.2. The average molecular weight is 383 g/mol. The Hall–Kier alpha value is -1.58. The van der Waals surface area contributed by atoms with Crippen molar-refractivity contribution in [2.45, 2.75) is 10.5 Å². The fraction of sp³-hybridized carbons (Fsp3) is 0.125. The van der Waals surface area contributed by atoms with E-state index in [-0.39, 0.29) is 11.4 Å². The summed E-state index contributed by atoms with van der Waals surface area (Å²) in [5.74, 6) is -0.512. The molecule has 8 heteroatoms. The highest BCUT2D eigenvalue weighted by atomic mass is 32.2. The van der Waals surface area contributed by atoms with E-state index in [0.29, 0.717) is 10.4 Å². The van der Waals surface area contributed by atoms with E-state index in [1.54, 1.807) is 23.6 Å². The molecule has 2 heterocycles. The van der Waals surface area contributed by atoms with Crippen molar-refractivity contribution in [3.8, 4) is 0 Å². The number of halogens is 1. The molecule has 2 N–H and O–H groups in total. The third kappa shape index (κ3) is 3.42. The second-order valence-electron chi connectivity index (χ2n) is 5.13. The molecule has 1 aromatic carbocycles. The third-order valence-corrected chi connectivity index (χ3v) is 6.69. The molecule has 3 aromatic rings. The lowest BCUT2D eigenvalue weighted by Crippen LogP contribution is -2.40. The number of benzene rings is 1. The molecule has 0 fully saturated rings. The SMILES string of the molecule is O=S(=O)(NCC(O)(c1ccsc1)c1cccs1)c1ccc(F)cc1. The quantitative estimate of drug-likeness (QED) is 0.687. The van der Waals surface area contributed by atoms with Crippen LogP contribution in [-0.2, 0) is 15.6 Å². The molecule has 0 amide bonds. The van der Waals surface area contributed by atoms with Crippen LogP contribution in [0.25, 0.3) is 0 Å². The molecule has 0 radical (unpaired) electrons. The summed E-state index contributed by atoms with van der Waals surface area (Å²) < 4.78 is 40.2. The van der Waals surface area contributed by atoms with E-state index >= 15 is 0 Å². The molecule has 0 spiro atoms. The van der Waals surface area contributed by atoms with Crippen LogP contribution in [0.5, 0.6) is 0 Å². The van der Waals surface area contributed by atoms with Gasteiger partial charge < -0.3 is 5.11 Å². The Morgan fingerprint density at radius 1 is 1.12 bits per heavy atom. The fourth-order valence-electron chi connectivity index (χ4n) is 2.24. The van der Waals surface area contributed by atoms with Gasteiger partial charge in [0.25, 0.3) is 0 Å². The molecule has 1 unspecified atom stereocenters. The van der Waals surface area contributed by atoms with Crippen LogP contribution in [0.2, 0.25) is 0 Å². The summed E-state index contributed by atoms with van der Waals surface area (Å²) in [6, 6.07) is 9.85. The van der Waals surface area contributed by atoms with E-state index < -0.39 is 21.4 Å². The van der Waals surface area contributed by atoms with Gasteiger partial charge in [-0.1, -0.05) is 6.07 Å². The predicted octanol–water partition coefficient (Wildman–Crippen LogP) is 3.16. The van der Waals surface area contributed by atoms with Crippen LogP contribution in [-0.4, -0.2) is 20.1 Å². The minimum Gasteiger partial charge on any atom is -0.378 e. The summed E-state index contributed by atoms with van der Waals surface area (Å²) in [6.07, 6.45) is 0. The van der Waals surface area contributed by atoms with Crippen molar-refractivity contribution in [1.29, 1.82) is 0 Å². The van der Waals surface area contributed by atoms with Gasteiger partial charge in [-0.05, 0) is 52.5 Å². The van der Waals surface area contributed by atoms with Gasteiger partial charge in [0.2, 0.25) is 10.0 Å². The first-order chi connectivity index (χ1) is 11.4. The van der Waals surface area contributed by atoms with Gasteiger partial charge in [-0.25, -0.2) is 17.5 Å². The molecule has 0 aliphatic carbocycles. The van der Waals surface area contributed by atoms with Gasteiger partial charge in [0, 0.05) is 17.0 Å². The summed E-state index contributed by atoms with van der Waals surface area (Å²) in [5.41, 5.74) is -0.835. The maximum atomic E-state index is 13.0. The Balaban J connectivity index is 1.88. The topological polar surface area (TPSA) is 66.4 Å². The molecule has 0 saturated heterocycles. The van der Waals surface area contributed by atoms with Crippen molar-refractivity contribution >= 4 is 32.7 Å². The highest BCUT2D eigenvalue weighted by molar-refractivity contribution is 7.89. The van der Waals surface area contributed by atoms with Crippen LogP contribution < -0.4 is 4.72 Å². The van der Waals surface area contributed by atoms with Crippen molar-refractivity contribution < 1.29 is 17.9 Å². The second kappa shape index (κ2) is 6.73. The first-order valence-corrected chi connectivity index (χ1v) is 10.3. The summed E-state index contributed by atoms with van der Waals surface area (Å²) in [5, 5.41) is 16.5. The van der Waals surface area contributed by atoms with Crippen molar-refractivity contribution in [1.82, 2.24) is 4.72 Å². The summed E-state index contributed by atoms with van der Waals surface area (Å²) in [6.45, 7) is -0.218. The minimum absolute atomic E-state index is 0.0530. The molecular weight excluding hydrogens is 369 g/mol. The predicted molar refractivity (Wildman–Crippen MR) is 93.2 cm³/mol. The van der Waals surface area contributed by atoms with Gasteiger partial charge in [0.15, 0.2) is 0 Å².